The van der Waals surface area contributed by atoms with E-state index in [1.807, 2.05) is 24.8 Å². The summed E-state index contributed by atoms with van der Waals surface area (Å²) >= 11 is 12.1. The zero-order valence-electron chi connectivity index (χ0n) is 17.1. The molecule has 2 aromatic rings. The Morgan fingerprint density at radius 1 is 1.03 bits per heavy atom. The summed E-state index contributed by atoms with van der Waals surface area (Å²) in [6.07, 6.45) is 0.509. The Morgan fingerprint density at radius 2 is 1.70 bits per heavy atom. The highest BCUT2D eigenvalue weighted by Gasteiger charge is 2.22. The van der Waals surface area contributed by atoms with E-state index in [0.29, 0.717) is 54.1 Å². The van der Waals surface area contributed by atoms with Gasteiger partial charge in [0.2, 0.25) is 5.91 Å². The van der Waals surface area contributed by atoms with Crippen molar-refractivity contribution in [2.45, 2.75) is 20.3 Å². The van der Waals surface area contributed by atoms with Crippen LogP contribution in [-0.4, -0.2) is 49.5 Å². The summed E-state index contributed by atoms with van der Waals surface area (Å²) in [6, 6.07) is 10.7. The van der Waals surface area contributed by atoms with Crippen molar-refractivity contribution in [2.75, 3.05) is 43.0 Å². The zero-order chi connectivity index (χ0) is 21.7. The number of halogens is 2. The van der Waals surface area contributed by atoms with Crippen molar-refractivity contribution in [2.24, 2.45) is 0 Å². The first-order chi connectivity index (χ1) is 14.4. The summed E-state index contributed by atoms with van der Waals surface area (Å²) in [7, 11) is 0. The molecule has 0 bridgehead atoms. The van der Waals surface area contributed by atoms with Crippen LogP contribution in [0, 0.1) is 6.92 Å². The molecule has 6 nitrogen and oxygen atoms in total. The standard InChI is InChI=1S/C22H25Cl2N3O3/c1-3-22(29)27-10-8-26(9-11-27)19-6-4-17(24)13-18(19)25-21(28)14-30-20-7-5-16(23)12-15(20)2/h4-7,12-13H,3,8-11,14H2,1-2H3,(H,25,28). The minimum atomic E-state index is -0.285. The number of aryl methyl sites for hydroxylation is 1. The molecule has 0 atom stereocenters. The van der Waals surface area contributed by atoms with E-state index in [1.165, 1.54) is 0 Å². The lowest BCUT2D eigenvalue weighted by Crippen LogP contribution is -2.48. The lowest BCUT2D eigenvalue weighted by Gasteiger charge is -2.37. The van der Waals surface area contributed by atoms with Crippen molar-refractivity contribution < 1.29 is 14.3 Å². The van der Waals surface area contributed by atoms with E-state index in [4.69, 9.17) is 27.9 Å². The van der Waals surface area contributed by atoms with Crippen LogP contribution in [0.2, 0.25) is 10.0 Å². The second-order valence-electron chi connectivity index (χ2n) is 7.13. The molecule has 0 radical (unpaired) electrons. The highest BCUT2D eigenvalue weighted by molar-refractivity contribution is 6.31. The van der Waals surface area contributed by atoms with Crippen LogP contribution in [0.4, 0.5) is 11.4 Å². The predicted octanol–water partition coefficient (Wildman–Crippen LogP) is 4.38. The lowest BCUT2D eigenvalue weighted by atomic mass is 10.2. The number of amides is 2. The topological polar surface area (TPSA) is 61.9 Å². The summed E-state index contributed by atoms with van der Waals surface area (Å²) < 4.78 is 5.63. The van der Waals surface area contributed by atoms with Gasteiger partial charge in [-0.3, -0.25) is 9.59 Å². The smallest absolute Gasteiger partial charge is 0.262 e. The van der Waals surface area contributed by atoms with E-state index in [-0.39, 0.29) is 18.4 Å². The van der Waals surface area contributed by atoms with Crippen LogP contribution in [0.1, 0.15) is 18.9 Å². The fraction of sp³-hybridized carbons (Fsp3) is 0.364. The van der Waals surface area contributed by atoms with Gasteiger partial charge < -0.3 is 19.9 Å². The van der Waals surface area contributed by atoms with Gasteiger partial charge in [-0.2, -0.15) is 0 Å². The molecular formula is C22H25Cl2N3O3. The van der Waals surface area contributed by atoms with Crippen LogP contribution >= 0.6 is 23.2 Å². The zero-order valence-corrected chi connectivity index (χ0v) is 18.6. The van der Waals surface area contributed by atoms with E-state index in [9.17, 15) is 9.59 Å². The molecule has 0 aromatic heterocycles. The number of ether oxygens (including phenoxy) is 1. The van der Waals surface area contributed by atoms with Crippen LogP contribution < -0.4 is 15.0 Å². The summed E-state index contributed by atoms with van der Waals surface area (Å²) in [5, 5.41) is 4.05. The molecule has 0 saturated carbocycles. The summed E-state index contributed by atoms with van der Waals surface area (Å²) in [5.74, 6) is 0.485. The van der Waals surface area contributed by atoms with Crippen molar-refractivity contribution >= 4 is 46.4 Å². The van der Waals surface area contributed by atoms with Crippen LogP contribution in [0.15, 0.2) is 36.4 Å². The minimum absolute atomic E-state index is 0.132. The van der Waals surface area contributed by atoms with E-state index in [0.717, 1.165) is 11.3 Å². The molecule has 160 valence electrons. The first-order valence-corrected chi connectivity index (χ1v) is 10.6. The van der Waals surface area contributed by atoms with Crippen LogP contribution in [0.25, 0.3) is 0 Å². The molecule has 2 aromatic carbocycles. The molecular weight excluding hydrogens is 425 g/mol. The molecule has 1 fully saturated rings. The monoisotopic (exact) mass is 449 g/mol. The molecule has 1 aliphatic heterocycles. The van der Waals surface area contributed by atoms with Gasteiger partial charge in [0.15, 0.2) is 6.61 Å². The SMILES string of the molecule is CCC(=O)N1CCN(c2ccc(Cl)cc2NC(=O)COc2ccc(Cl)cc2C)CC1. The van der Waals surface area contributed by atoms with Crippen molar-refractivity contribution in [3.05, 3.63) is 52.0 Å². The van der Waals surface area contributed by atoms with Crippen LogP contribution in [-0.2, 0) is 9.59 Å². The summed E-state index contributed by atoms with van der Waals surface area (Å²) in [4.78, 5) is 28.4. The van der Waals surface area contributed by atoms with E-state index < -0.39 is 0 Å². The number of piperazine rings is 1. The van der Waals surface area contributed by atoms with Crippen LogP contribution in [0.5, 0.6) is 5.75 Å². The largest absolute Gasteiger partial charge is 0.483 e. The maximum Gasteiger partial charge on any atom is 0.262 e. The lowest BCUT2D eigenvalue weighted by molar-refractivity contribution is -0.131. The third kappa shape index (κ3) is 5.58. The first-order valence-electron chi connectivity index (χ1n) is 9.88. The summed E-state index contributed by atoms with van der Waals surface area (Å²) in [5.41, 5.74) is 2.36. The maximum atomic E-state index is 12.5. The molecule has 3 rings (SSSR count). The van der Waals surface area contributed by atoms with Gasteiger partial charge in [0.05, 0.1) is 11.4 Å². The molecule has 1 heterocycles. The maximum absolute atomic E-state index is 12.5. The fourth-order valence-corrected chi connectivity index (χ4v) is 3.81. The van der Waals surface area contributed by atoms with Gasteiger partial charge in [-0.05, 0) is 48.9 Å². The molecule has 8 heteroatoms. The first kappa shape index (κ1) is 22.2. The molecule has 0 unspecified atom stereocenters. The number of benzene rings is 2. The number of carbonyl (C=O) groups excluding carboxylic acids is 2. The Labute approximate surface area is 186 Å². The molecule has 0 spiro atoms. The molecule has 1 aliphatic rings. The molecule has 1 N–H and O–H groups in total. The normalized spacial score (nSPS) is 13.9. The molecule has 0 aliphatic carbocycles. The highest BCUT2D eigenvalue weighted by Crippen LogP contribution is 2.30. The quantitative estimate of drug-likeness (QED) is 0.710. The summed E-state index contributed by atoms with van der Waals surface area (Å²) in [6.45, 7) is 6.30. The number of nitrogens with one attached hydrogen (secondary N) is 1. The predicted molar refractivity (Wildman–Crippen MR) is 121 cm³/mol. The van der Waals surface area contributed by atoms with Gasteiger partial charge in [0.1, 0.15) is 5.75 Å². The minimum Gasteiger partial charge on any atom is -0.483 e. The average molecular weight is 450 g/mol. The molecule has 1 saturated heterocycles. The van der Waals surface area contributed by atoms with Gasteiger partial charge in [0.25, 0.3) is 5.91 Å². The van der Waals surface area contributed by atoms with Crippen molar-refractivity contribution in [3.63, 3.8) is 0 Å². The second kappa shape index (κ2) is 10.0. The molecule has 30 heavy (non-hydrogen) atoms. The van der Waals surface area contributed by atoms with Crippen molar-refractivity contribution in [3.8, 4) is 5.75 Å². The second-order valence-corrected chi connectivity index (χ2v) is 8.00. The van der Waals surface area contributed by atoms with E-state index >= 15 is 0 Å². The Hall–Kier alpha value is -2.44. The average Bonchev–Trinajstić information content (AvgIpc) is 2.73. The highest BCUT2D eigenvalue weighted by atomic mass is 35.5. The Bertz CT molecular complexity index is 928. The van der Waals surface area contributed by atoms with Crippen molar-refractivity contribution in [1.29, 1.82) is 0 Å². The number of anilines is 2. The fourth-order valence-electron chi connectivity index (χ4n) is 3.41. The van der Waals surface area contributed by atoms with Gasteiger partial charge in [0, 0.05) is 42.6 Å². The Morgan fingerprint density at radius 3 is 2.37 bits per heavy atom. The van der Waals surface area contributed by atoms with Gasteiger partial charge in [-0.1, -0.05) is 30.1 Å². The number of hydrogen-bond donors (Lipinski definition) is 1. The Kier molecular flexibility index (Phi) is 7.45. The van der Waals surface area contributed by atoms with Crippen LogP contribution in [0.3, 0.4) is 0 Å². The van der Waals surface area contributed by atoms with Gasteiger partial charge in [-0.25, -0.2) is 0 Å². The van der Waals surface area contributed by atoms with E-state index in [2.05, 4.69) is 10.2 Å². The third-order valence-corrected chi connectivity index (χ3v) is 5.47. The number of hydrogen-bond acceptors (Lipinski definition) is 4. The number of rotatable bonds is 6. The Balaban J connectivity index is 1.65. The number of nitrogens with zero attached hydrogens (tertiary/aromatic N) is 2. The number of carbonyl (C=O) groups is 2. The van der Waals surface area contributed by atoms with E-state index in [1.54, 1.807) is 30.3 Å². The van der Waals surface area contributed by atoms with Gasteiger partial charge in [-0.15, -0.1) is 0 Å². The van der Waals surface area contributed by atoms with Crippen molar-refractivity contribution in [1.82, 2.24) is 4.90 Å². The molecule has 2 amide bonds. The van der Waals surface area contributed by atoms with Gasteiger partial charge >= 0.3 is 0 Å². The third-order valence-electron chi connectivity index (χ3n) is 5.00.